The molecule has 0 radical (unpaired) electrons. The lowest BCUT2D eigenvalue weighted by atomic mass is 9.92. The van der Waals surface area contributed by atoms with Crippen LogP contribution in [0.2, 0.25) is 0 Å². The molecule has 1 amide bonds. The van der Waals surface area contributed by atoms with Gasteiger partial charge < -0.3 is 15.5 Å². The fraction of sp³-hybridized carbons (Fsp3) is 0.235. The van der Waals surface area contributed by atoms with Gasteiger partial charge in [-0.15, -0.1) is 0 Å². The van der Waals surface area contributed by atoms with Crippen LogP contribution in [0.1, 0.15) is 18.1 Å². The molecule has 0 spiro atoms. The zero-order valence-electron chi connectivity index (χ0n) is 11.9. The first kappa shape index (κ1) is 15.1. The molecule has 4 nitrogen and oxygen atoms in total. The molecule has 2 aromatic rings. The number of hydrogen-bond donors (Lipinski definition) is 3. The number of aliphatic hydroxyl groups excluding tert-OH is 1. The summed E-state index contributed by atoms with van der Waals surface area (Å²) in [5, 5.41) is 21.7. The van der Waals surface area contributed by atoms with Gasteiger partial charge in [0.15, 0.2) is 0 Å². The summed E-state index contributed by atoms with van der Waals surface area (Å²) < 4.78 is 0. The fourth-order valence-corrected chi connectivity index (χ4v) is 2.16. The van der Waals surface area contributed by atoms with Crippen molar-refractivity contribution in [2.24, 2.45) is 0 Å². The second-order valence-corrected chi connectivity index (χ2v) is 5.25. The van der Waals surface area contributed by atoms with Crippen LogP contribution in [0, 0.1) is 0 Å². The average molecular weight is 285 g/mol. The molecule has 2 rings (SSSR count). The minimum Gasteiger partial charge on any atom is -0.508 e. The van der Waals surface area contributed by atoms with E-state index in [0.717, 1.165) is 11.1 Å². The number of hydrogen-bond acceptors (Lipinski definition) is 3. The number of carbonyl (C=O) groups is 1. The summed E-state index contributed by atoms with van der Waals surface area (Å²) in [6.07, 6.45) is 0.197. The number of phenols is 1. The van der Waals surface area contributed by atoms with Gasteiger partial charge >= 0.3 is 0 Å². The van der Waals surface area contributed by atoms with E-state index in [0.29, 0.717) is 0 Å². The van der Waals surface area contributed by atoms with Crippen molar-refractivity contribution in [2.45, 2.75) is 18.9 Å². The highest BCUT2D eigenvalue weighted by molar-refractivity contribution is 5.79. The summed E-state index contributed by atoms with van der Waals surface area (Å²) in [5.41, 5.74) is 0.847. The third kappa shape index (κ3) is 3.83. The molecule has 110 valence electrons. The van der Waals surface area contributed by atoms with Gasteiger partial charge in [-0.2, -0.15) is 0 Å². The Kier molecular flexibility index (Phi) is 4.60. The molecule has 0 aliphatic heterocycles. The molecule has 0 aliphatic rings. The molecule has 1 atom stereocenters. The first-order chi connectivity index (χ1) is 10.0. The van der Waals surface area contributed by atoms with Gasteiger partial charge in [0.1, 0.15) is 5.75 Å². The van der Waals surface area contributed by atoms with Crippen LogP contribution in [0.4, 0.5) is 0 Å². The lowest BCUT2D eigenvalue weighted by molar-refractivity contribution is -0.122. The maximum atomic E-state index is 12.2. The summed E-state index contributed by atoms with van der Waals surface area (Å²) in [6, 6.07) is 15.9. The van der Waals surface area contributed by atoms with Gasteiger partial charge in [0.05, 0.1) is 18.6 Å². The molecule has 0 aromatic heterocycles. The van der Waals surface area contributed by atoms with E-state index in [1.165, 1.54) is 0 Å². The second kappa shape index (κ2) is 6.41. The molecular formula is C17H19NO3. The maximum Gasteiger partial charge on any atom is 0.225 e. The zero-order chi connectivity index (χ0) is 15.3. The van der Waals surface area contributed by atoms with Crippen LogP contribution >= 0.6 is 0 Å². The summed E-state index contributed by atoms with van der Waals surface area (Å²) in [4.78, 5) is 12.2. The third-order valence-corrected chi connectivity index (χ3v) is 3.44. The fourth-order valence-electron chi connectivity index (χ4n) is 2.16. The van der Waals surface area contributed by atoms with Gasteiger partial charge in [0.25, 0.3) is 0 Å². The van der Waals surface area contributed by atoms with Gasteiger partial charge in [-0.3, -0.25) is 4.79 Å². The van der Waals surface area contributed by atoms with Crippen LogP contribution in [0.15, 0.2) is 54.6 Å². The number of nitrogens with one attached hydrogen (secondary N) is 1. The van der Waals surface area contributed by atoms with Gasteiger partial charge in [0, 0.05) is 0 Å². The van der Waals surface area contributed by atoms with Crippen LogP contribution in [-0.2, 0) is 16.8 Å². The van der Waals surface area contributed by atoms with E-state index < -0.39 is 5.54 Å². The molecule has 0 saturated carbocycles. The Morgan fingerprint density at radius 2 is 1.71 bits per heavy atom. The highest BCUT2D eigenvalue weighted by atomic mass is 16.3. The molecule has 0 fully saturated rings. The monoisotopic (exact) mass is 285 g/mol. The summed E-state index contributed by atoms with van der Waals surface area (Å²) >= 11 is 0. The molecule has 0 bridgehead atoms. The van der Waals surface area contributed by atoms with Crippen LogP contribution in [0.25, 0.3) is 0 Å². The van der Waals surface area contributed by atoms with Crippen molar-refractivity contribution < 1.29 is 15.0 Å². The number of benzene rings is 2. The molecule has 4 heteroatoms. The first-order valence-corrected chi connectivity index (χ1v) is 6.79. The Labute approximate surface area is 124 Å². The predicted octanol–water partition coefficient (Wildman–Crippen LogP) is 1.96. The Bertz CT molecular complexity index is 595. The molecular weight excluding hydrogens is 266 g/mol. The smallest absolute Gasteiger partial charge is 0.225 e. The normalized spacial score (nSPS) is 13.4. The van der Waals surface area contributed by atoms with Crippen molar-refractivity contribution in [1.29, 1.82) is 0 Å². The van der Waals surface area contributed by atoms with Gasteiger partial charge in [-0.1, -0.05) is 42.5 Å². The highest BCUT2D eigenvalue weighted by Gasteiger charge is 2.27. The number of carbonyl (C=O) groups excluding carboxylic acids is 1. The SMILES string of the molecule is CC(CO)(NC(=O)Cc1ccc(O)cc1)c1ccccc1. The molecule has 0 aliphatic carbocycles. The van der Waals surface area contributed by atoms with Crippen molar-refractivity contribution >= 4 is 5.91 Å². The van der Waals surface area contributed by atoms with E-state index in [2.05, 4.69) is 5.32 Å². The van der Waals surface area contributed by atoms with Gasteiger partial charge in [0.2, 0.25) is 5.91 Å². The average Bonchev–Trinajstić information content (AvgIpc) is 2.50. The van der Waals surface area contributed by atoms with Crippen LogP contribution in [0.5, 0.6) is 5.75 Å². The maximum absolute atomic E-state index is 12.2. The Hall–Kier alpha value is -2.33. The number of aromatic hydroxyl groups is 1. The van der Waals surface area contributed by atoms with E-state index in [9.17, 15) is 15.0 Å². The number of amides is 1. The lowest BCUT2D eigenvalue weighted by Crippen LogP contribution is -2.46. The van der Waals surface area contributed by atoms with E-state index in [1.807, 2.05) is 30.3 Å². The van der Waals surface area contributed by atoms with E-state index in [-0.39, 0.29) is 24.7 Å². The molecule has 2 aromatic carbocycles. The Balaban J connectivity index is 2.08. The van der Waals surface area contributed by atoms with E-state index in [4.69, 9.17) is 0 Å². The van der Waals surface area contributed by atoms with Gasteiger partial charge in [-0.25, -0.2) is 0 Å². The van der Waals surface area contributed by atoms with Crippen LogP contribution in [0.3, 0.4) is 0 Å². The quantitative estimate of drug-likeness (QED) is 0.786. The number of phenolic OH excluding ortho intramolecular Hbond substituents is 1. The van der Waals surface area contributed by atoms with Crippen LogP contribution in [-0.4, -0.2) is 22.7 Å². The predicted molar refractivity (Wildman–Crippen MR) is 80.8 cm³/mol. The lowest BCUT2D eigenvalue weighted by Gasteiger charge is -2.29. The van der Waals surface area contributed by atoms with E-state index >= 15 is 0 Å². The van der Waals surface area contributed by atoms with Crippen molar-refractivity contribution in [3.63, 3.8) is 0 Å². The molecule has 21 heavy (non-hydrogen) atoms. The molecule has 0 heterocycles. The molecule has 0 saturated heterocycles. The van der Waals surface area contributed by atoms with Crippen molar-refractivity contribution in [1.82, 2.24) is 5.32 Å². The third-order valence-electron chi connectivity index (χ3n) is 3.44. The van der Waals surface area contributed by atoms with Crippen molar-refractivity contribution in [3.05, 3.63) is 65.7 Å². The summed E-state index contributed by atoms with van der Waals surface area (Å²) in [7, 11) is 0. The molecule has 1 unspecified atom stereocenters. The second-order valence-electron chi connectivity index (χ2n) is 5.25. The topological polar surface area (TPSA) is 69.6 Å². The summed E-state index contributed by atoms with van der Waals surface area (Å²) in [6.45, 7) is 1.61. The minimum atomic E-state index is -0.810. The number of rotatable bonds is 5. The zero-order valence-corrected chi connectivity index (χ0v) is 11.9. The first-order valence-electron chi connectivity index (χ1n) is 6.79. The van der Waals surface area contributed by atoms with Gasteiger partial charge in [-0.05, 0) is 30.2 Å². The standard InChI is InChI=1S/C17H19NO3/c1-17(12-19,14-5-3-2-4-6-14)18-16(21)11-13-7-9-15(20)10-8-13/h2-10,19-20H,11-12H2,1H3,(H,18,21). The number of aliphatic hydroxyl groups is 1. The minimum absolute atomic E-state index is 0.170. The Morgan fingerprint density at radius 3 is 2.29 bits per heavy atom. The Morgan fingerprint density at radius 1 is 1.10 bits per heavy atom. The van der Waals surface area contributed by atoms with Crippen molar-refractivity contribution in [3.8, 4) is 5.75 Å². The largest absolute Gasteiger partial charge is 0.508 e. The van der Waals surface area contributed by atoms with E-state index in [1.54, 1.807) is 31.2 Å². The van der Waals surface area contributed by atoms with Crippen molar-refractivity contribution in [2.75, 3.05) is 6.61 Å². The molecule has 3 N–H and O–H groups in total. The van der Waals surface area contributed by atoms with Crippen LogP contribution < -0.4 is 5.32 Å². The highest BCUT2D eigenvalue weighted by Crippen LogP contribution is 2.20. The summed E-state index contributed by atoms with van der Waals surface area (Å²) in [5.74, 6) is -0.00951.